The first-order valence-corrected chi connectivity index (χ1v) is 11.4. The Bertz CT molecular complexity index is 1540. The number of amides is 2. The van der Waals surface area contributed by atoms with Crippen molar-refractivity contribution in [1.29, 1.82) is 0 Å². The van der Waals surface area contributed by atoms with Gasteiger partial charge in [-0.2, -0.15) is 4.98 Å². The molecule has 2 amide bonds. The van der Waals surface area contributed by atoms with Gasteiger partial charge in [0.25, 0.3) is 5.91 Å². The Labute approximate surface area is 222 Å². The minimum Gasteiger partial charge on any atom is -0.457 e. The Hall–Kier alpha value is -5.85. The first-order chi connectivity index (χ1) is 18.8. The molecule has 13 heteroatoms. The van der Waals surface area contributed by atoms with E-state index in [1.807, 2.05) is 0 Å². The van der Waals surface area contributed by atoms with E-state index in [0.29, 0.717) is 28.6 Å². The minimum absolute atomic E-state index is 0.0470. The Morgan fingerprint density at radius 2 is 1.74 bits per heavy atom. The van der Waals surface area contributed by atoms with Gasteiger partial charge in [-0.1, -0.05) is 12.6 Å². The number of aromatic nitrogens is 3. The number of carbonyl (C=O) groups is 2. The molecule has 13 nitrogen and oxygen atoms in total. The molecule has 4 N–H and O–H groups in total. The van der Waals surface area contributed by atoms with Gasteiger partial charge < -0.3 is 26.0 Å². The van der Waals surface area contributed by atoms with Crippen LogP contribution in [0.3, 0.4) is 0 Å². The van der Waals surface area contributed by atoms with Crippen LogP contribution in [0.1, 0.15) is 10.5 Å². The van der Waals surface area contributed by atoms with Crippen LogP contribution in [0.15, 0.2) is 85.7 Å². The summed E-state index contributed by atoms with van der Waals surface area (Å²) in [5, 5.41) is 22.6. The van der Waals surface area contributed by atoms with Gasteiger partial charge in [0.1, 0.15) is 23.4 Å². The number of anilines is 5. The number of rotatable bonds is 10. The van der Waals surface area contributed by atoms with Crippen LogP contribution in [-0.2, 0) is 4.79 Å². The number of carbonyl (C=O) groups excluding carboxylic acids is 2. The molecule has 0 bridgehead atoms. The molecule has 0 fully saturated rings. The van der Waals surface area contributed by atoms with E-state index in [-0.39, 0.29) is 29.1 Å². The summed E-state index contributed by atoms with van der Waals surface area (Å²) in [6, 6.07) is 16.5. The standard InChI is InChI=1S/C26H22N8O5/c1-3-23(35)30-17-5-4-6-18(13-17)31-24-22(34(37)38)15-29-26(33-24)32-16-7-9-19(10-8-16)39-20-11-12-28-21(14-20)25(36)27-2/h3-15H,1H2,2H3,(H,27,36)(H,30,35)(H2,29,31,32,33). The van der Waals surface area contributed by atoms with Crippen LogP contribution in [-0.4, -0.2) is 38.7 Å². The maximum Gasteiger partial charge on any atom is 0.329 e. The summed E-state index contributed by atoms with van der Waals surface area (Å²) in [5.74, 6) is 0.282. The summed E-state index contributed by atoms with van der Waals surface area (Å²) in [4.78, 5) is 46.6. The van der Waals surface area contributed by atoms with E-state index < -0.39 is 10.8 Å². The normalized spacial score (nSPS) is 10.2. The summed E-state index contributed by atoms with van der Waals surface area (Å²) in [5.41, 5.74) is 1.41. The van der Waals surface area contributed by atoms with Gasteiger partial charge in [-0.3, -0.25) is 24.7 Å². The lowest BCUT2D eigenvalue weighted by molar-refractivity contribution is -0.384. The molecule has 4 rings (SSSR count). The van der Waals surface area contributed by atoms with Crippen LogP contribution in [0.5, 0.6) is 11.5 Å². The number of ether oxygens (including phenoxy) is 1. The van der Waals surface area contributed by atoms with Crippen LogP contribution < -0.4 is 26.0 Å². The molecular weight excluding hydrogens is 504 g/mol. The van der Waals surface area contributed by atoms with Crippen LogP contribution >= 0.6 is 0 Å². The molecule has 39 heavy (non-hydrogen) atoms. The predicted octanol–water partition coefficient (Wildman–Crippen LogP) is 4.54. The molecule has 0 aliphatic carbocycles. The SMILES string of the molecule is C=CC(=O)Nc1cccc(Nc2nc(Nc3ccc(Oc4ccnc(C(=O)NC)c4)cc3)ncc2[N+](=O)[O-])c1. The second-order valence-corrected chi connectivity index (χ2v) is 7.79. The van der Waals surface area contributed by atoms with E-state index in [4.69, 9.17) is 4.74 Å². The molecule has 0 spiro atoms. The summed E-state index contributed by atoms with van der Waals surface area (Å²) >= 11 is 0. The van der Waals surface area contributed by atoms with E-state index in [0.717, 1.165) is 12.3 Å². The minimum atomic E-state index is -0.601. The number of hydrogen-bond donors (Lipinski definition) is 4. The Balaban J connectivity index is 1.49. The Kier molecular flexibility index (Phi) is 8.02. The molecule has 0 saturated heterocycles. The summed E-state index contributed by atoms with van der Waals surface area (Å²) in [7, 11) is 1.51. The second kappa shape index (κ2) is 11.9. The molecular formula is C26H22N8O5. The van der Waals surface area contributed by atoms with Crippen molar-refractivity contribution < 1.29 is 19.2 Å². The summed E-state index contributed by atoms with van der Waals surface area (Å²) in [6.45, 7) is 3.41. The number of nitrogens with zero attached hydrogens (tertiary/aromatic N) is 4. The van der Waals surface area contributed by atoms with Gasteiger partial charge in [-0.05, 0) is 54.6 Å². The highest BCUT2D eigenvalue weighted by atomic mass is 16.6. The quantitative estimate of drug-likeness (QED) is 0.130. The van der Waals surface area contributed by atoms with E-state index >= 15 is 0 Å². The van der Waals surface area contributed by atoms with Crippen molar-refractivity contribution in [2.75, 3.05) is 23.0 Å². The van der Waals surface area contributed by atoms with Gasteiger partial charge in [0.15, 0.2) is 0 Å². The zero-order valence-corrected chi connectivity index (χ0v) is 20.5. The number of hydrogen-bond acceptors (Lipinski definition) is 10. The molecule has 2 aromatic heterocycles. The second-order valence-electron chi connectivity index (χ2n) is 7.79. The molecule has 4 aromatic rings. The van der Waals surface area contributed by atoms with Crippen LogP contribution in [0.2, 0.25) is 0 Å². The zero-order valence-electron chi connectivity index (χ0n) is 20.5. The Morgan fingerprint density at radius 1 is 0.974 bits per heavy atom. The van der Waals surface area contributed by atoms with Crippen molar-refractivity contribution >= 4 is 46.3 Å². The van der Waals surface area contributed by atoms with Crippen LogP contribution in [0.25, 0.3) is 0 Å². The lowest BCUT2D eigenvalue weighted by Gasteiger charge is -2.11. The zero-order chi connectivity index (χ0) is 27.8. The topological polar surface area (TPSA) is 173 Å². The first kappa shape index (κ1) is 26.2. The van der Waals surface area contributed by atoms with E-state index in [1.54, 1.807) is 54.6 Å². The Morgan fingerprint density at radius 3 is 2.46 bits per heavy atom. The van der Waals surface area contributed by atoms with Gasteiger partial charge in [-0.25, -0.2) is 4.98 Å². The highest BCUT2D eigenvalue weighted by Gasteiger charge is 2.18. The lowest BCUT2D eigenvalue weighted by Crippen LogP contribution is -2.18. The molecule has 2 aromatic carbocycles. The molecule has 0 aliphatic heterocycles. The first-order valence-electron chi connectivity index (χ1n) is 11.4. The molecule has 0 aliphatic rings. The highest BCUT2D eigenvalue weighted by molar-refractivity contribution is 5.99. The average molecular weight is 527 g/mol. The smallest absolute Gasteiger partial charge is 0.329 e. The van der Waals surface area contributed by atoms with Gasteiger partial charge in [0.2, 0.25) is 17.7 Å². The van der Waals surface area contributed by atoms with Crippen molar-refractivity contribution in [3.8, 4) is 11.5 Å². The molecule has 0 radical (unpaired) electrons. The maximum atomic E-state index is 11.8. The fourth-order valence-electron chi connectivity index (χ4n) is 3.26. The van der Waals surface area contributed by atoms with Gasteiger partial charge in [-0.15, -0.1) is 0 Å². The van der Waals surface area contributed by atoms with Crippen molar-refractivity contribution in [2.24, 2.45) is 0 Å². The van der Waals surface area contributed by atoms with Gasteiger partial charge >= 0.3 is 5.69 Å². The van der Waals surface area contributed by atoms with E-state index in [1.165, 1.54) is 19.3 Å². The van der Waals surface area contributed by atoms with E-state index in [9.17, 15) is 19.7 Å². The lowest BCUT2D eigenvalue weighted by atomic mass is 10.2. The third kappa shape index (κ3) is 6.89. The predicted molar refractivity (Wildman–Crippen MR) is 145 cm³/mol. The van der Waals surface area contributed by atoms with Crippen molar-refractivity contribution in [3.05, 3.63) is 102 Å². The fraction of sp³-hybridized carbons (Fsp3) is 0.0385. The molecule has 2 heterocycles. The number of benzene rings is 2. The molecule has 196 valence electrons. The molecule has 0 unspecified atom stereocenters. The van der Waals surface area contributed by atoms with E-state index in [2.05, 4.69) is 42.8 Å². The van der Waals surface area contributed by atoms with Crippen molar-refractivity contribution in [3.63, 3.8) is 0 Å². The monoisotopic (exact) mass is 526 g/mol. The maximum absolute atomic E-state index is 11.8. The summed E-state index contributed by atoms with van der Waals surface area (Å²) < 4.78 is 5.79. The van der Waals surface area contributed by atoms with Crippen LogP contribution in [0.4, 0.5) is 34.5 Å². The molecule has 0 atom stereocenters. The largest absolute Gasteiger partial charge is 0.457 e. The number of nitrogens with one attached hydrogen (secondary N) is 4. The third-order valence-electron chi connectivity index (χ3n) is 5.08. The van der Waals surface area contributed by atoms with Crippen molar-refractivity contribution in [1.82, 2.24) is 20.3 Å². The van der Waals surface area contributed by atoms with Gasteiger partial charge in [0, 0.05) is 36.4 Å². The molecule has 0 saturated carbocycles. The highest BCUT2D eigenvalue weighted by Crippen LogP contribution is 2.29. The van der Waals surface area contributed by atoms with Crippen molar-refractivity contribution in [2.45, 2.75) is 0 Å². The number of nitro groups is 1. The number of pyridine rings is 1. The summed E-state index contributed by atoms with van der Waals surface area (Å²) in [6.07, 6.45) is 3.70. The average Bonchev–Trinajstić information content (AvgIpc) is 2.94. The third-order valence-corrected chi connectivity index (χ3v) is 5.08. The fourth-order valence-corrected chi connectivity index (χ4v) is 3.26. The van der Waals surface area contributed by atoms with Gasteiger partial charge in [0.05, 0.1) is 4.92 Å². The van der Waals surface area contributed by atoms with Crippen LogP contribution in [0, 0.1) is 10.1 Å².